The third kappa shape index (κ3) is 8.16. The molecule has 0 amide bonds. The fourth-order valence-electron chi connectivity index (χ4n) is 4.88. The Kier molecular flexibility index (Phi) is 12.6. The minimum absolute atomic E-state index is 0.0149. The molecule has 3 nitrogen and oxygen atoms in total. The van der Waals surface area contributed by atoms with Crippen LogP contribution in [-0.2, 0) is 13.9 Å². The van der Waals surface area contributed by atoms with Gasteiger partial charge in [-0.05, 0) is 65.8 Å². The average molecular weight is 572 g/mol. The van der Waals surface area contributed by atoms with Gasteiger partial charge in [-0.2, -0.15) is 0 Å². The van der Waals surface area contributed by atoms with Crippen molar-refractivity contribution in [3.63, 3.8) is 0 Å². The monoisotopic (exact) mass is 570 g/mol. The lowest BCUT2D eigenvalue weighted by atomic mass is 9.97. The van der Waals surface area contributed by atoms with Crippen LogP contribution in [0.5, 0.6) is 0 Å². The van der Waals surface area contributed by atoms with E-state index in [9.17, 15) is 0 Å². The van der Waals surface area contributed by atoms with Crippen LogP contribution in [0.1, 0.15) is 60.8 Å². The minimum Gasteiger partial charge on any atom is -0.405 e. The van der Waals surface area contributed by atoms with E-state index in [1.54, 1.807) is 7.11 Å². The largest absolute Gasteiger partial charge is 0.405 e. The van der Waals surface area contributed by atoms with Gasteiger partial charge in [0.05, 0.1) is 6.10 Å². The molecule has 0 spiro atoms. The van der Waals surface area contributed by atoms with Crippen LogP contribution < -0.4 is 10.4 Å². The number of methoxy groups -OCH3 is 1. The number of benzene rings is 2. The lowest BCUT2D eigenvalue weighted by Crippen LogP contribution is -2.67. The predicted molar refractivity (Wildman–Crippen MR) is 158 cm³/mol. The van der Waals surface area contributed by atoms with Crippen LogP contribution in [0.15, 0.2) is 72.3 Å². The minimum atomic E-state index is -2.52. The van der Waals surface area contributed by atoms with Crippen molar-refractivity contribution in [3.8, 4) is 10.8 Å². The highest BCUT2D eigenvalue weighted by molar-refractivity contribution is 9.12. The molecule has 3 atom stereocenters. The molecule has 0 aliphatic carbocycles. The van der Waals surface area contributed by atoms with Crippen molar-refractivity contribution < 1.29 is 13.9 Å². The van der Waals surface area contributed by atoms with Crippen molar-refractivity contribution in [1.82, 2.24) is 0 Å². The van der Waals surface area contributed by atoms with Crippen molar-refractivity contribution in [2.45, 2.75) is 78.1 Å². The topological polar surface area (TPSA) is 27.7 Å². The molecule has 0 unspecified atom stereocenters. The van der Waals surface area contributed by atoms with E-state index in [0.717, 1.165) is 19.3 Å². The molecule has 0 heterocycles. The zero-order chi connectivity index (χ0) is 26.6. The Bertz CT molecular complexity index is 950. The second kappa shape index (κ2) is 14.9. The van der Waals surface area contributed by atoms with E-state index >= 15 is 0 Å². The van der Waals surface area contributed by atoms with Gasteiger partial charge in [-0.15, -0.1) is 0 Å². The van der Waals surface area contributed by atoms with E-state index in [-0.39, 0.29) is 30.0 Å². The Morgan fingerprint density at radius 1 is 1.00 bits per heavy atom. The summed E-state index contributed by atoms with van der Waals surface area (Å²) in [5, 5.41) is 2.64. The third-order valence-electron chi connectivity index (χ3n) is 6.63. The van der Waals surface area contributed by atoms with E-state index in [2.05, 4.69) is 135 Å². The molecule has 0 radical (unpaired) electrons. The smallest absolute Gasteiger partial charge is 0.261 e. The number of unbranched alkanes of at least 4 members (excludes halogenated alkanes) is 1. The summed E-state index contributed by atoms with van der Waals surface area (Å²) in [4.78, 5) is 2.82. The van der Waals surface area contributed by atoms with Crippen LogP contribution in [0, 0.1) is 16.7 Å². The first-order chi connectivity index (χ1) is 17.2. The Hall–Kier alpha value is -1.68. The van der Waals surface area contributed by atoms with Crippen molar-refractivity contribution >= 4 is 34.6 Å². The molecule has 0 fully saturated rings. The molecular weight excluding hydrogens is 528 g/mol. The number of hydrogen-bond acceptors (Lipinski definition) is 3. The molecule has 2 aromatic rings. The van der Waals surface area contributed by atoms with Crippen LogP contribution in [0.2, 0.25) is 5.04 Å². The van der Waals surface area contributed by atoms with E-state index in [0.29, 0.717) is 0 Å². The molecule has 0 aliphatic rings. The van der Waals surface area contributed by atoms with Crippen LogP contribution in [0.4, 0.5) is 0 Å². The number of hydrogen-bond donors (Lipinski definition) is 0. The first-order valence-corrected chi connectivity index (χ1v) is 15.5. The maximum absolute atomic E-state index is 7.21. The van der Waals surface area contributed by atoms with E-state index < -0.39 is 8.32 Å². The molecule has 2 aromatic carbocycles. The van der Waals surface area contributed by atoms with Gasteiger partial charge in [-0.1, -0.05) is 93.4 Å². The van der Waals surface area contributed by atoms with Gasteiger partial charge in [0.15, 0.2) is 0 Å². The Morgan fingerprint density at radius 3 is 2.03 bits per heavy atom. The first kappa shape index (κ1) is 30.5. The molecule has 0 bridgehead atoms. The summed E-state index contributed by atoms with van der Waals surface area (Å²) in [6.45, 7) is 13.7. The highest BCUT2D eigenvalue weighted by Gasteiger charge is 2.50. The summed E-state index contributed by atoms with van der Waals surface area (Å²) in [7, 11) is -0.877. The predicted octanol–water partition coefficient (Wildman–Crippen LogP) is 7.05. The number of allylic oxidation sites excluding steroid dienone is 1. The zero-order valence-corrected chi connectivity index (χ0v) is 25.6. The summed E-state index contributed by atoms with van der Waals surface area (Å²) >= 11 is 3.21. The second-order valence-corrected chi connectivity index (χ2v) is 15.1. The SMILES string of the molecule is COCO[C@@H](/C(C)=C/CCC[C@@H](C)O[Si](c1ccccc1)(c1ccccc1)C(C)(C)C)[C@@H](C)C#CBr. The van der Waals surface area contributed by atoms with Gasteiger partial charge in [0, 0.05) is 35.1 Å². The molecule has 0 N–H and O–H groups in total. The molecule has 36 heavy (non-hydrogen) atoms. The molecule has 5 heteroatoms. The van der Waals surface area contributed by atoms with E-state index in [4.69, 9.17) is 13.9 Å². The summed E-state index contributed by atoms with van der Waals surface area (Å²) in [6, 6.07) is 21.7. The van der Waals surface area contributed by atoms with Crippen LogP contribution >= 0.6 is 15.9 Å². The second-order valence-electron chi connectivity index (χ2n) is 10.5. The quantitative estimate of drug-likeness (QED) is 0.0848. The summed E-state index contributed by atoms with van der Waals surface area (Å²) < 4.78 is 18.3. The molecule has 0 aliphatic heterocycles. The van der Waals surface area contributed by atoms with Crippen LogP contribution in [-0.4, -0.2) is 34.4 Å². The van der Waals surface area contributed by atoms with Crippen molar-refractivity contribution in [2.75, 3.05) is 13.9 Å². The van der Waals surface area contributed by atoms with Gasteiger partial charge in [-0.3, -0.25) is 0 Å². The van der Waals surface area contributed by atoms with Crippen LogP contribution in [0.25, 0.3) is 0 Å². The number of ether oxygens (including phenoxy) is 2. The fourth-order valence-corrected chi connectivity index (χ4v) is 9.97. The maximum Gasteiger partial charge on any atom is 0.261 e. The van der Waals surface area contributed by atoms with Gasteiger partial charge >= 0.3 is 0 Å². The van der Waals surface area contributed by atoms with Crippen LogP contribution in [0.3, 0.4) is 0 Å². The van der Waals surface area contributed by atoms with Gasteiger partial charge in [0.1, 0.15) is 6.79 Å². The van der Waals surface area contributed by atoms with Crippen molar-refractivity contribution in [3.05, 3.63) is 72.3 Å². The number of halogens is 1. The first-order valence-electron chi connectivity index (χ1n) is 12.8. The highest BCUT2D eigenvalue weighted by atomic mass is 79.9. The summed E-state index contributed by atoms with van der Waals surface area (Å²) in [5.41, 5.74) is 1.19. The normalized spacial score (nSPS) is 15.1. The Labute approximate surface area is 228 Å². The molecule has 2 rings (SSSR count). The van der Waals surface area contributed by atoms with Gasteiger partial charge < -0.3 is 13.9 Å². The van der Waals surface area contributed by atoms with E-state index in [1.165, 1.54) is 15.9 Å². The highest BCUT2D eigenvalue weighted by Crippen LogP contribution is 2.38. The standard InChI is InChI=1S/C31H43BrO3Si/c1-25(30(34-24-33-7)26(2)22-23-32)16-14-15-17-27(3)35-36(31(4,5)6,28-18-10-8-11-19-28)29-20-12-9-13-21-29/h8-13,16,18-21,26-27,30H,14-15,17,24H2,1-7H3/b25-16+/t26-,27+,30-/m0/s1. The summed E-state index contributed by atoms with van der Waals surface area (Å²) in [6.07, 6.45) is 5.36. The summed E-state index contributed by atoms with van der Waals surface area (Å²) in [5.74, 6) is 3.22. The van der Waals surface area contributed by atoms with Gasteiger partial charge in [0.25, 0.3) is 8.32 Å². The zero-order valence-electron chi connectivity index (χ0n) is 23.0. The maximum atomic E-state index is 7.21. The van der Waals surface area contributed by atoms with Gasteiger partial charge in [-0.25, -0.2) is 0 Å². The van der Waals surface area contributed by atoms with E-state index in [1.807, 2.05) is 0 Å². The third-order valence-corrected chi connectivity index (χ3v) is 12.0. The Balaban J connectivity index is 2.18. The molecule has 196 valence electrons. The lowest BCUT2D eigenvalue weighted by molar-refractivity contribution is -0.0682. The average Bonchev–Trinajstić information content (AvgIpc) is 2.86. The molecule has 0 saturated heterocycles. The molecular formula is C31H43BrO3Si. The Morgan fingerprint density at radius 2 is 1.56 bits per heavy atom. The molecule has 0 saturated carbocycles. The van der Waals surface area contributed by atoms with Crippen molar-refractivity contribution in [1.29, 1.82) is 0 Å². The number of rotatable bonds is 13. The van der Waals surface area contributed by atoms with Gasteiger partial charge in [0.2, 0.25) is 0 Å². The fraction of sp³-hybridized carbons (Fsp3) is 0.484. The lowest BCUT2D eigenvalue weighted by Gasteiger charge is -2.44. The molecule has 0 aromatic heterocycles. The van der Waals surface area contributed by atoms with Crippen molar-refractivity contribution in [2.24, 2.45) is 5.92 Å².